The van der Waals surface area contributed by atoms with Crippen LogP contribution >= 0.6 is 0 Å². The summed E-state index contributed by atoms with van der Waals surface area (Å²) in [6.45, 7) is 5.14. The number of nitro benzene ring substituents is 1. The molecule has 2 aromatic rings. The van der Waals surface area contributed by atoms with E-state index in [4.69, 9.17) is 10.7 Å². The predicted molar refractivity (Wildman–Crippen MR) is 123 cm³/mol. The van der Waals surface area contributed by atoms with Crippen molar-refractivity contribution in [2.45, 2.75) is 51.5 Å². The molecule has 9 nitrogen and oxygen atoms in total. The molecule has 4 N–H and O–H groups in total. The van der Waals surface area contributed by atoms with Gasteiger partial charge in [-0.15, -0.1) is 0 Å². The number of piperidine rings is 1. The Labute approximate surface area is 182 Å². The number of nitrogens with one attached hydrogen (secondary N) is 2. The first kappa shape index (κ1) is 21.3. The van der Waals surface area contributed by atoms with Crippen LogP contribution in [0.2, 0.25) is 0 Å². The van der Waals surface area contributed by atoms with Crippen molar-refractivity contribution in [2.75, 3.05) is 35.6 Å². The molecule has 2 fully saturated rings. The number of nitro groups is 1. The molecule has 2 aliphatic rings. The molecule has 1 aliphatic heterocycles. The van der Waals surface area contributed by atoms with E-state index in [1.165, 1.54) is 31.4 Å². The van der Waals surface area contributed by atoms with Crippen LogP contribution in [0.15, 0.2) is 24.3 Å². The third-order valence-electron chi connectivity index (χ3n) is 5.89. The number of hydrogen-bond acceptors (Lipinski definition) is 8. The largest absolute Gasteiger partial charge is 0.393 e. The molecule has 2 heterocycles. The minimum atomic E-state index is -0.483. The van der Waals surface area contributed by atoms with E-state index in [0.29, 0.717) is 17.7 Å². The summed E-state index contributed by atoms with van der Waals surface area (Å²) in [5.74, 6) is 2.22. The average Bonchev–Trinajstić information content (AvgIpc) is 3.58. The Kier molecular flexibility index (Phi) is 6.50. The van der Waals surface area contributed by atoms with Crippen molar-refractivity contribution in [1.82, 2.24) is 15.3 Å². The third kappa shape index (κ3) is 5.61. The van der Waals surface area contributed by atoms with Crippen LogP contribution in [0, 0.1) is 16.0 Å². The number of rotatable bonds is 9. The third-order valence-corrected chi connectivity index (χ3v) is 5.89. The van der Waals surface area contributed by atoms with Crippen LogP contribution in [0.5, 0.6) is 0 Å². The van der Waals surface area contributed by atoms with Crippen molar-refractivity contribution < 1.29 is 4.92 Å². The summed E-state index contributed by atoms with van der Waals surface area (Å²) in [6, 6.07) is 7.21. The van der Waals surface area contributed by atoms with E-state index in [0.717, 1.165) is 56.3 Å². The van der Waals surface area contributed by atoms with E-state index >= 15 is 0 Å². The van der Waals surface area contributed by atoms with E-state index in [9.17, 15) is 10.1 Å². The molecular formula is C22H31N7O2. The molecule has 1 saturated heterocycles. The predicted octanol–water partition coefficient (Wildman–Crippen LogP) is 3.63. The Balaban J connectivity index is 1.53. The van der Waals surface area contributed by atoms with Crippen LogP contribution in [-0.2, 0) is 6.42 Å². The fourth-order valence-electron chi connectivity index (χ4n) is 4.00. The Hall–Kier alpha value is -2.94. The molecule has 0 amide bonds. The van der Waals surface area contributed by atoms with Gasteiger partial charge in [0.05, 0.1) is 4.92 Å². The van der Waals surface area contributed by atoms with Crippen LogP contribution in [0.1, 0.15) is 44.7 Å². The van der Waals surface area contributed by atoms with Gasteiger partial charge in [0.25, 0.3) is 5.69 Å². The number of nitrogens with two attached hydrogens (primary N) is 1. The van der Waals surface area contributed by atoms with Crippen LogP contribution in [0.25, 0.3) is 0 Å². The highest BCUT2D eigenvalue weighted by Crippen LogP contribution is 2.29. The lowest BCUT2D eigenvalue weighted by Crippen LogP contribution is -2.46. The van der Waals surface area contributed by atoms with Gasteiger partial charge in [0, 0.05) is 42.6 Å². The van der Waals surface area contributed by atoms with Crippen LogP contribution in [-0.4, -0.2) is 40.6 Å². The van der Waals surface area contributed by atoms with Gasteiger partial charge in [-0.25, -0.2) is 4.98 Å². The van der Waals surface area contributed by atoms with Gasteiger partial charge in [0.15, 0.2) is 0 Å². The maximum absolute atomic E-state index is 11.2. The van der Waals surface area contributed by atoms with Gasteiger partial charge in [-0.3, -0.25) is 10.1 Å². The van der Waals surface area contributed by atoms with Gasteiger partial charge in [-0.1, -0.05) is 13.3 Å². The highest BCUT2D eigenvalue weighted by atomic mass is 16.6. The van der Waals surface area contributed by atoms with Crippen molar-refractivity contribution >= 4 is 28.8 Å². The summed E-state index contributed by atoms with van der Waals surface area (Å²) in [7, 11) is 0. The van der Waals surface area contributed by atoms with E-state index in [-0.39, 0.29) is 11.4 Å². The molecule has 4 rings (SSSR count). The van der Waals surface area contributed by atoms with Crippen molar-refractivity contribution in [3.05, 3.63) is 40.1 Å². The smallest absolute Gasteiger partial charge is 0.294 e. The lowest BCUT2D eigenvalue weighted by Gasteiger charge is -2.34. The first-order chi connectivity index (χ1) is 15.0. The zero-order valence-electron chi connectivity index (χ0n) is 18.0. The van der Waals surface area contributed by atoms with Gasteiger partial charge < -0.3 is 21.3 Å². The second-order valence-corrected chi connectivity index (χ2v) is 8.58. The van der Waals surface area contributed by atoms with Gasteiger partial charge in [0.1, 0.15) is 11.5 Å². The zero-order chi connectivity index (χ0) is 21.8. The highest BCUT2D eigenvalue weighted by molar-refractivity contribution is 5.68. The maximum Gasteiger partial charge on any atom is 0.294 e. The lowest BCUT2D eigenvalue weighted by molar-refractivity contribution is -0.383. The molecule has 0 spiro atoms. The molecule has 1 aliphatic carbocycles. The zero-order valence-corrected chi connectivity index (χ0v) is 18.0. The molecular weight excluding hydrogens is 394 g/mol. The number of benzene rings is 1. The lowest BCUT2D eigenvalue weighted by atomic mass is 10.1. The molecule has 166 valence electrons. The highest BCUT2D eigenvalue weighted by Gasteiger charge is 2.25. The van der Waals surface area contributed by atoms with Crippen molar-refractivity contribution in [1.29, 1.82) is 0 Å². The number of anilines is 4. The fraction of sp³-hybridized carbons (Fsp3) is 0.545. The molecule has 1 saturated carbocycles. The molecule has 0 bridgehead atoms. The van der Waals surface area contributed by atoms with Crippen LogP contribution in [0.4, 0.5) is 28.8 Å². The summed E-state index contributed by atoms with van der Waals surface area (Å²) in [5.41, 5.74) is 7.23. The SMILES string of the molecule is CCCc1cc(N2CCC[C@@H](NCC3CC3)C2)nc(Nc2ccc(N)c([N+](=O)[O-])c2)n1. The Morgan fingerprint density at radius 3 is 2.84 bits per heavy atom. The van der Waals surface area contributed by atoms with Crippen LogP contribution in [0.3, 0.4) is 0 Å². The van der Waals surface area contributed by atoms with E-state index in [1.54, 1.807) is 6.07 Å². The molecule has 0 radical (unpaired) electrons. The minimum Gasteiger partial charge on any atom is -0.393 e. The summed E-state index contributed by atoms with van der Waals surface area (Å²) in [6.07, 6.45) is 6.86. The summed E-state index contributed by atoms with van der Waals surface area (Å²) >= 11 is 0. The van der Waals surface area contributed by atoms with Crippen molar-refractivity contribution in [3.8, 4) is 0 Å². The summed E-state index contributed by atoms with van der Waals surface area (Å²) in [5, 5.41) is 18.1. The summed E-state index contributed by atoms with van der Waals surface area (Å²) < 4.78 is 0. The van der Waals surface area contributed by atoms with Gasteiger partial charge >= 0.3 is 0 Å². The number of aromatic nitrogens is 2. The monoisotopic (exact) mass is 425 g/mol. The molecule has 1 atom stereocenters. The molecule has 0 unspecified atom stereocenters. The first-order valence-electron chi connectivity index (χ1n) is 11.2. The summed E-state index contributed by atoms with van der Waals surface area (Å²) in [4.78, 5) is 22.4. The molecule has 1 aromatic carbocycles. The van der Waals surface area contributed by atoms with Crippen molar-refractivity contribution in [2.24, 2.45) is 5.92 Å². The normalized spacial score (nSPS) is 18.7. The first-order valence-corrected chi connectivity index (χ1v) is 11.2. The van der Waals surface area contributed by atoms with Gasteiger partial charge in [0.2, 0.25) is 5.95 Å². The number of hydrogen-bond donors (Lipinski definition) is 3. The molecule has 1 aromatic heterocycles. The fourth-order valence-corrected chi connectivity index (χ4v) is 4.00. The Morgan fingerprint density at radius 1 is 1.26 bits per heavy atom. The van der Waals surface area contributed by atoms with Gasteiger partial charge in [-0.2, -0.15) is 4.98 Å². The standard InChI is InChI=1S/C22H31N7O2/c1-2-4-16-12-21(28-10-3-5-18(14-28)24-13-15-6-7-15)27-22(25-16)26-17-8-9-19(23)20(11-17)29(30)31/h8-9,11-12,15,18,24H,2-7,10,13-14,23H2,1H3,(H,25,26,27)/t18-/m1/s1. The average molecular weight is 426 g/mol. The number of nitrogens with zero attached hydrogens (tertiary/aromatic N) is 4. The van der Waals surface area contributed by atoms with E-state index in [1.807, 2.05) is 0 Å². The van der Waals surface area contributed by atoms with E-state index in [2.05, 4.69) is 33.5 Å². The van der Waals surface area contributed by atoms with Crippen LogP contribution < -0.4 is 21.3 Å². The topological polar surface area (TPSA) is 122 Å². The second kappa shape index (κ2) is 9.47. The number of nitrogen functional groups attached to an aromatic ring is 1. The molecule has 9 heteroatoms. The quantitative estimate of drug-likeness (QED) is 0.316. The Morgan fingerprint density at radius 2 is 2.10 bits per heavy atom. The van der Waals surface area contributed by atoms with Crippen molar-refractivity contribution in [3.63, 3.8) is 0 Å². The Bertz CT molecular complexity index is 932. The van der Waals surface area contributed by atoms with Gasteiger partial charge in [-0.05, 0) is 56.7 Å². The van der Waals surface area contributed by atoms with E-state index < -0.39 is 4.92 Å². The second-order valence-electron chi connectivity index (χ2n) is 8.58. The minimum absolute atomic E-state index is 0.129. The number of aryl methyl sites for hydroxylation is 1. The maximum atomic E-state index is 11.2. The molecule has 31 heavy (non-hydrogen) atoms.